The molecule has 0 spiro atoms. The number of amidine groups is 1. The first kappa shape index (κ1) is 29.6. The van der Waals surface area contributed by atoms with E-state index in [1.807, 2.05) is 4.90 Å². The molecular formula is C29H28F5N8O2+. The molecule has 2 unspecified atom stereocenters. The highest BCUT2D eigenvalue weighted by atomic mass is 19.4. The number of nitrogens with zero attached hydrogens (tertiary/aromatic N) is 5. The molecule has 1 aromatic heterocycles. The molecule has 0 radical (unpaired) electrons. The van der Waals surface area contributed by atoms with Crippen molar-refractivity contribution in [3.63, 3.8) is 0 Å². The predicted molar refractivity (Wildman–Crippen MR) is 150 cm³/mol. The second-order valence-corrected chi connectivity index (χ2v) is 11.2. The van der Waals surface area contributed by atoms with Crippen LogP contribution in [-0.4, -0.2) is 63.4 Å². The van der Waals surface area contributed by atoms with Gasteiger partial charge in [-0.2, -0.15) is 24.0 Å². The van der Waals surface area contributed by atoms with Gasteiger partial charge in [0.2, 0.25) is 17.4 Å². The first-order chi connectivity index (χ1) is 20.8. The second-order valence-electron chi connectivity index (χ2n) is 11.2. The number of nitrogens with one attached hydrogen (secondary N) is 2. The molecule has 2 fully saturated rings. The molecule has 1 saturated carbocycles. The maximum absolute atomic E-state index is 13.2. The number of likely N-dealkylation sites (tertiary alicyclic amines) is 1. The van der Waals surface area contributed by atoms with Crippen LogP contribution in [0.5, 0.6) is 0 Å². The minimum absolute atomic E-state index is 0.174. The van der Waals surface area contributed by atoms with Crippen molar-refractivity contribution in [3.8, 4) is 0 Å². The van der Waals surface area contributed by atoms with Crippen molar-refractivity contribution in [2.75, 3.05) is 18.4 Å². The normalized spacial score (nSPS) is 24.5. The third-order valence-electron chi connectivity index (χ3n) is 8.04. The Hall–Kier alpha value is -4.50. The lowest BCUT2D eigenvalue weighted by atomic mass is 9.87. The third kappa shape index (κ3) is 5.71. The van der Waals surface area contributed by atoms with E-state index in [0.717, 1.165) is 18.3 Å². The largest absolute Gasteiger partial charge is 0.416 e. The molecule has 3 aliphatic heterocycles. The number of aliphatic imine (C=N–C) groups is 2. The number of pyridine rings is 1. The number of quaternary nitrogens is 1. The Morgan fingerprint density at radius 1 is 1.11 bits per heavy atom. The summed E-state index contributed by atoms with van der Waals surface area (Å²) in [5, 5.41) is 5.12. The van der Waals surface area contributed by atoms with Gasteiger partial charge in [0.05, 0.1) is 29.5 Å². The fourth-order valence-corrected chi connectivity index (χ4v) is 5.69. The van der Waals surface area contributed by atoms with Crippen molar-refractivity contribution in [2.45, 2.75) is 43.8 Å². The van der Waals surface area contributed by atoms with Crippen LogP contribution in [0.4, 0.5) is 27.8 Å². The number of benzene rings is 1. The molecule has 230 valence electrons. The van der Waals surface area contributed by atoms with Crippen molar-refractivity contribution in [1.82, 2.24) is 15.2 Å². The minimum Gasteiger partial charge on any atom is -0.353 e. The summed E-state index contributed by atoms with van der Waals surface area (Å²) in [6.07, 6.45) is 1.75. The summed E-state index contributed by atoms with van der Waals surface area (Å²) in [4.78, 5) is 40.5. The maximum atomic E-state index is 13.2. The van der Waals surface area contributed by atoms with E-state index in [4.69, 9.17) is 10.8 Å². The summed E-state index contributed by atoms with van der Waals surface area (Å²) in [5.74, 6) is 3.47. The minimum atomic E-state index is -4.58. The van der Waals surface area contributed by atoms with E-state index in [9.17, 15) is 31.5 Å². The van der Waals surface area contributed by atoms with Gasteiger partial charge in [-0.25, -0.2) is 13.8 Å². The fourth-order valence-electron chi connectivity index (χ4n) is 5.69. The van der Waals surface area contributed by atoms with Crippen molar-refractivity contribution in [3.05, 3.63) is 83.2 Å². The molecule has 1 aromatic carbocycles. The van der Waals surface area contributed by atoms with Crippen molar-refractivity contribution in [1.29, 1.82) is 0 Å². The van der Waals surface area contributed by atoms with Gasteiger partial charge < -0.3 is 15.5 Å². The molecule has 2 amide bonds. The zero-order valence-electron chi connectivity index (χ0n) is 23.2. The average molecular weight is 616 g/mol. The van der Waals surface area contributed by atoms with Gasteiger partial charge >= 0.3 is 6.18 Å². The quantitative estimate of drug-likeness (QED) is 0.256. The van der Waals surface area contributed by atoms with Gasteiger partial charge in [0, 0.05) is 43.7 Å². The molecular weight excluding hydrogens is 587 g/mol. The summed E-state index contributed by atoms with van der Waals surface area (Å²) in [6.45, 7) is 0.923. The molecule has 0 bridgehead atoms. The molecule has 2 aromatic rings. The lowest BCUT2D eigenvalue weighted by Crippen LogP contribution is -2.54. The molecule has 44 heavy (non-hydrogen) atoms. The van der Waals surface area contributed by atoms with E-state index < -0.39 is 35.5 Å². The van der Waals surface area contributed by atoms with Crippen LogP contribution in [0.1, 0.15) is 47.2 Å². The first-order valence-electron chi connectivity index (χ1n) is 13.9. The number of hydrogen-bond donors (Lipinski definition) is 3. The number of rotatable bonds is 6. The van der Waals surface area contributed by atoms with E-state index >= 15 is 0 Å². The summed E-state index contributed by atoms with van der Waals surface area (Å²) >= 11 is 0. The molecule has 10 nitrogen and oxygen atoms in total. The number of aromatic nitrogens is 1. The molecule has 4 aliphatic rings. The summed E-state index contributed by atoms with van der Waals surface area (Å²) in [6, 6.07) is 7.28. The Labute approximate surface area is 248 Å². The number of hydrogen-bond acceptors (Lipinski definition) is 7. The number of anilines is 1. The van der Waals surface area contributed by atoms with Crippen molar-refractivity contribution < 1.29 is 36.1 Å². The zero-order valence-corrected chi connectivity index (χ0v) is 23.2. The number of carbonyl (C=O) groups is 2. The van der Waals surface area contributed by atoms with Gasteiger partial charge in [-0.15, -0.1) is 4.59 Å². The highest BCUT2D eigenvalue weighted by Crippen LogP contribution is 2.38. The van der Waals surface area contributed by atoms with Gasteiger partial charge in [-0.1, -0.05) is 0 Å². The molecule has 6 rings (SSSR count). The topological polar surface area (TPSA) is 125 Å². The number of fused-ring (bicyclic) bond motifs is 1. The first-order valence-corrected chi connectivity index (χ1v) is 13.9. The van der Waals surface area contributed by atoms with E-state index in [1.54, 1.807) is 24.5 Å². The predicted octanol–water partition coefficient (Wildman–Crippen LogP) is 4.15. The number of piperidine rings is 1. The van der Waals surface area contributed by atoms with Gasteiger partial charge in [0.25, 0.3) is 17.7 Å². The molecule has 1 aliphatic carbocycles. The Bertz CT molecular complexity index is 1610. The van der Waals surface area contributed by atoms with Crippen LogP contribution in [-0.2, 0) is 11.0 Å². The summed E-state index contributed by atoms with van der Waals surface area (Å²) in [7, 11) is 0. The molecule has 2 atom stereocenters. The maximum Gasteiger partial charge on any atom is 0.416 e. The van der Waals surface area contributed by atoms with E-state index in [1.165, 1.54) is 18.3 Å². The molecule has 15 heteroatoms. The van der Waals surface area contributed by atoms with Crippen LogP contribution >= 0.6 is 0 Å². The van der Waals surface area contributed by atoms with E-state index in [-0.39, 0.29) is 34.7 Å². The summed E-state index contributed by atoms with van der Waals surface area (Å²) < 4.78 is 65.3. The number of alkyl halides is 5. The number of halogens is 5. The van der Waals surface area contributed by atoms with Gasteiger partial charge in [0.15, 0.2) is 0 Å². The van der Waals surface area contributed by atoms with Crippen molar-refractivity contribution >= 4 is 29.7 Å². The van der Waals surface area contributed by atoms with E-state index in [2.05, 4.69) is 20.6 Å². The Balaban J connectivity index is 1.19. The lowest BCUT2D eigenvalue weighted by Gasteiger charge is -2.38. The Morgan fingerprint density at radius 3 is 2.57 bits per heavy atom. The van der Waals surface area contributed by atoms with Gasteiger partial charge in [-0.05, 0) is 49.2 Å². The Kier molecular flexibility index (Phi) is 7.32. The molecule has 4 heterocycles. The van der Waals surface area contributed by atoms with Crippen LogP contribution < -0.4 is 16.5 Å². The third-order valence-corrected chi connectivity index (χ3v) is 8.04. The van der Waals surface area contributed by atoms with Gasteiger partial charge in [0.1, 0.15) is 12.0 Å². The van der Waals surface area contributed by atoms with Crippen LogP contribution in [0.3, 0.4) is 0 Å². The smallest absolute Gasteiger partial charge is 0.353 e. The van der Waals surface area contributed by atoms with Crippen LogP contribution in [0.25, 0.3) is 0 Å². The average Bonchev–Trinajstić information content (AvgIpc) is 3.29. The number of allylic oxidation sites excluding steroid dienone is 1. The molecule has 4 N–H and O–H groups in total. The highest BCUT2D eigenvalue weighted by molar-refractivity contribution is 6.05. The zero-order chi connectivity index (χ0) is 31.3. The Morgan fingerprint density at radius 2 is 1.86 bits per heavy atom. The van der Waals surface area contributed by atoms with Crippen LogP contribution in [0.2, 0.25) is 0 Å². The molecule has 1 saturated heterocycles. The lowest BCUT2D eigenvalue weighted by molar-refractivity contribution is -0.750. The van der Waals surface area contributed by atoms with E-state index in [0.29, 0.717) is 48.8 Å². The second kappa shape index (κ2) is 10.9. The van der Waals surface area contributed by atoms with Crippen molar-refractivity contribution in [2.24, 2.45) is 21.7 Å². The number of nitrogens with two attached hydrogens (primary N) is 1. The van der Waals surface area contributed by atoms with Crippen LogP contribution in [0, 0.1) is 5.92 Å². The number of carbonyl (C=O) groups excluding carboxylic acids is 2. The SMILES string of the molecule is N[N+]12C=CN=CC1=C(N1CCCC(C(=O)NC3CC(F)(F)C3)C1)N=C2c1ccc(C(=O)Nc2cc(C(F)(F)F)ccn2)cc1. The fraction of sp³-hybridized carbons (Fsp3) is 0.345. The summed E-state index contributed by atoms with van der Waals surface area (Å²) in [5.41, 5.74) is 0.384. The van der Waals surface area contributed by atoms with Gasteiger partial charge in [-0.3, -0.25) is 14.6 Å². The standard InChI is InChI=1S/C29H27F5N8O2/c30-28(31)13-21(14-28)38-27(44)19-2-1-10-41(16-19)24-22-15-36-9-11-42(22,35)25(40-24)17-3-5-18(6-4-17)26(43)39-23-12-20(7-8-37-23)29(32,33)34/h3-9,11-12,15,19,21H,1-2,10,13-14,16,35H2,(H-,37,38,39,43,44)/p+1. The highest BCUT2D eigenvalue weighted by Gasteiger charge is 2.48. The van der Waals surface area contributed by atoms with Crippen LogP contribution in [0.15, 0.2) is 76.5 Å². The number of amides is 2. The monoisotopic (exact) mass is 615 g/mol.